The number of hydrogen-bond acceptors (Lipinski definition) is 4. The molecule has 1 aliphatic rings. The number of carbonyl (C=O) groups is 2. The van der Waals surface area contributed by atoms with E-state index in [1.165, 1.54) is 26.8 Å². The molecule has 13 heteroatoms. The molecule has 0 aromatic heterocycles. The molecule has 6 nitrogen and oxygen atoms in total. The van der Waals surface area contributed by atoms with Crippen molar-refractivity contribution in [2.24, 2.45) is 5.41 Å². The summed E-state index contributed by atoms with van der Waals surface area (Å²) in [4.78, 5) is 25.5. The van der Waals surface area contributed by atoms with E-state index < -0.39 is 41.8 Å². The highest BCUT2D eigenvalue weighted by molar-refractivity contribution is 5.77. The van der Waals surface area contributed by atoms with Crippen LogP contribution in [0.1, 0.15) is 30.5 Å². The number of hydrogen-bond donors (Lipinski definition) is 1. The van der Waals surface area contributed by atoms with Gasteiger partial charge in [-0.15, -0.1) is 0 Å². The summed E-state index contributed by atoms with van der Waals surface area (Å²) >= 11 is 0. The quantitative estimate of drug-likeness (QED) is 0.480. The summed E-state index contributed by atoms with van der Waals surface area (Å²) in [6.45, 7) is 4.30. The van der Waals surface area contributed by atoms with E-state index in [1.54, 1.807) is 11.0 Å². The maximum absolute atomic E-state index is 14.8. The van der Waals surface area contributed by atoms with E-state index in [0.29, 0.717) is 5.56 Å². The summed E-state index contributed by atoms with van der Waals surface area (Å²) in [5.74, 6) is 3.23. The van der Waals surface area contributed by atoms with Crippen LogP contribution in [0, 0.1) is 30.0 Å². The minimum atomic E-state index is -5.79. The molecule has 0 saturated carbocycles. The second kappa shape index (κ2) is 10.3. The Morgan fingerprint density at radius 1 is 1.06 bits per heavy atom. The van der Waals surface area contributed by atoms with Gasteiger partial charge in [0.25, 0.3) is 6.10 Å². The molecule has 1 aliphatic heterocycles. The lowest BCUT2D eigenvalue weighted by molar-refractivity contribution is -0.308. The van der Waals surface area contributed by atoms with Crippen molar-refractivity contribution in [1.82, 2.24) is 9.80 Å². The molecule has 1 aromatic carbocycles. The van der Waals surface area contributed by atoms with E-state index in [4.69, 9.17) is 5.11 Å². The number of carbonyl (C=O) groups excluding carboxylic acids is 1. The van der Waals surface area contributed by atoms with Gasteiger partial charge in [-0.3, -0.25) is 9.69 Å². The van der Waals surface area contributed by atoms with E-state index in [-0.39, 0.29) is 43.9 Å². The lowest BCUT2D eigenvalue weighted by atomic mass is 9.94. The van der Waals surface area contributed by atoms with Crippen LogP contribution in [0.4, 0.5) is 35.5 Å². The third-order valence-corrected chi connectivity index (χ3v) is 5.38. The van der Waals surface area contributed by atoms with E-state index >= 15 is 0 Å². The number of carboxylic acids is 1. The van der Waals surface area contributed by atoms with Crippen LogP contribution in [0.2, 0.25) is 0 Å². The first-order chi connectivity index (χ1) is 15.9. The Morgan fingerprint density at radius 3 is 2.09 bits per heavy atom. The van der Waals surface area contributed by atoms with Crippen LogP contribution in [0.15, 0.2) is 12.1 Å². The topological polar surface area (TPSA) is 70.1 Å². The number of halogens is 7. The number of alkyl halides is 6. The number of aliphatic carboxylic acids is 1. The number of benzene rings is 1. The molecular weight excluding hydrogens is 489 g/mol. The average Bonchev–Trinajstić information content (AvgIpc) is 2.73. The predicted molar refractivity (Wildman–Crippen MR) is 109 cm³/mol. The highest BCUT2D eigenvalue weighted by atomic mass is 19.4. The molecule has 194 valence electrons. The standard InChI is InChI=1S/C22H23F7N2O4/c1-13-15(5-4-14(16(13)23)6-7-20(2,3)18(32)33)12-30-8-10-31(11-9-30)19(34)35-17(21(24,25)26)22(27,28)29/h4-5,17H,8-12H2,1-3H3,(H,32,33). The van der Waals surface area contributed by atoms with E-state index in [1.807, 2.05) is 0 Å². The van der Waals surface area contributed by atoms with E-state index in [0.717, 1.165) is 4.90 Å². The second-order valence-electron chi connectivity index (χ2n) is 8.50. The van der Waals surface area contributed by atoms with E-state index in [2.05, 4.69) is 16.6 Å². The molecule has 1 saturated heterocycles. The fourth-order valence-corrected chi connectivity index (χ4v) is 3.09. The van der Waals surface area contributed by atoms with Crippen LogP contribution in [0.3, 0.4) is 0 Å². The molecule has 1 heterocycles. The van der Waals surface area contributed by atoms with Crippen molar-refractivity contribution in [3.8, 4) is 11.8 Å². The van der Waals surface area contributed by atoms with Crippen molar-refractivity contribution in [2.75, 3.05) is 26.2 Å². The van der Waals surface area contributed by atoms with Crippen molar-refractivity contribution in [3.05, 3.63) is 34.6 Å². The summed E-state index contributed by atoms with van der Waals surface area (Å²) < 4.78 is 94.1. The molecular formula is C22H23F7N2O4. The van der Waals surface area contributed by atoms with Crippen LogP contribution < -0.4 is 0 Å². The van der Waals surface area contributed by atoms with Gasteiger partial charge in [0, 0.05) is 32.7 Å². The monoisotopic (exact) mass is 512 g/mol. The molecule has 0 radical (unpaired) electrons. The lowest BCUT2D eigenvalue weighted by Gasteiger charge is -2.35. The Hall–Kier alpha value is -3.01. The van der Waals surface area contributed by atoms with Crippen molar-refractivity contribution in [1.29, 1.82) is 0 Å². The van der Waals surface area contributed by atoms with Gasteiger partial charge >= 0.3 is 24.4 Å². The van der Waals surface area contributed by atoms with Crippen LogP contribution in [0.25, 0.3) is 0 Å². The van der Waals surface area contributed by atoms with Gasteiger partial charge in [-0.05, 0) is 38.0 Å². The maximum atomic E-state index is 14.8. The minimum absolute atomic E-state index is 0.0111. The van der Waals surface area contributed by atoms with Crippen LogP contribution >= 0.6 is 0 Å². The molecule has 1 fully saturated rings. The van der Waals surface area contributed by atoms with Gasteiger partial charge in [-0.1, -0.05) is 17.9 Å². The molecule has 0 atom stereocenters. The number of ether oxygens (including phenoxy) is 1. The number of piperazine rings is 1. The molecule has 0 spiro atoms. The zero-order valence-corrected chi connectivity index (χ0v) is 19.0. The molecule has 35 heavy (non-hydrogen) atoms. The summed E-state index contributed by atoms with van der Waals surface area (Å²) in [5.41, 5.74) is -0.558. The first-order valence-corrected chi connectivity index (χ1v) is 10.3. The van der Waals surface area contributed by atoms with Gasteiger partial charge in [-0.2, -0.15) is 26.3 Å². The highest BCUT2D eigenvalue weighted by Gasteiger charge is 2.60. The molecule has 0 bridgehead atoms. The zero-order chi connectivity index (χ0) is 26.8. The summed E-state index contributed by atoms with van der Waals surface area (Å²) in [5, 5.41) is 9.10. The fraction of sp³-hybridized carbons (Fsp3) is 0.545. The van der Waals surface area contributed by atoms with Gasteiger partial charge in [0.2, 0.25) is 0 Å². The maximum Gasteiger partial charge on any atom is 0.434 e. The Labute approximate surface area is 196 Å². The van der Waals surface area contributed by atoms with Gasteiger partial charge in [-0.25, -0.2) is 9.18 Å². The van der Waals surface area contributed by atoms with Crippen LogP contribution in [-0.2, 0) is 16.1 Å². The third-order valence-electron chi connectivity index (χ3n) is 5.38. The smallest absolute Gasteiger partial charge is 0.434 e. The molecule has 2 rings (SSSR count). The first-order valence-electron chi connectivity index (χ1n) is 10.3. The van der Waals surface area contributed by atoms with Crippen LogP contribution in [0.5, 0.6) is 0 Å². The van der Waals surface area contributed by atoms with Gasteiger partial charge in [0.05, 0.1) is 5.56 Å². The van der Waals surface area contributed by atoms with Crippen LogP contribution in [-0.4, -0.2) is 71.6 Å². The molecule has 1 amide bonds. The van der Waals surface area contributed by atoms with Crippen molar-refractivity contribution in [3.63, 3.8) is 0 Å². The second-order valence-corrected chi connectivity index (χ2v) is 8.50. The van der Waals surface area contributed by atoms with Gasteiger partial charge in [0.1, 0.15) is 11.2 Å². The van der Waals surface area contributed by atoms with E-state index in [9.17, 15) is 40.3 Å². The zero-order valence-electron chi connectivity index (χ0n) is 19.0. The normalized spacial score (nSPS) is 15.6. The molecule has 0 aliphatic carbocycles. The molecule has 1 aromatic rings. The Balaban J connectivity index is 2.02. The largest absolute Gasteiger partial charge is 0.480 e. The van der Waals surface area contributed by atoms with Crippen molar-refractivity contribution >= 4 is 12.1 Å². The number of carboxylic acid groups (broad SMARTS) is 1. The van der Waals surface area contributed by atoms with Crippen molar-refractivity contribution < 1.29 is 50.2 Å². The Kier molecular flexibility index (Phi) is 8.32. The number of amides is 1. The van der Waals surface area contributed by atoms with Crippen molar-refractivity contribution in [2.45, 2.75) is 45.8 Å². The number of rotatable bonds is 4. The SMILES string of the molecule is Cc1c(CN2CCN(C(=O)OC(C(F)(F)F)C(F)(F)F)CC2)ccc(C#CC(C)(C)C(=O)O)c1F. The summed E-state index contributed by atoms with van der Waals surface area (Å²) in [7, 11) is 0. The average molecular weight is 512 g/mol. The minimum Gasteiger partial charge on any atom is -0.480 e. The number of nitrogens with zero attached hydrogens (tertiary/aromatic N) is 2. The molecule has 0 unspecified atom stereocenters. The van der Waals surface area contributed by atoms with Gasteiger partial charge in [0.15, 0.2) is 0 Å². The van der Waals surface area contributed by atoms with Gasteiger partial charge < -0.3 is 14.7 Å². The Bertz CT molecular complexity index is 1000. The predicted octanol–water partition coefficient (Wildman–Crippen LogP) is 4.34. The summed E-state index contributed by atoms with van der Waals surface area (Å²) in [6.07, 6.45) is -17.5. The lowest BCUT2D eigenvalue weighted by Crippen LogP contribution is -2.52. The molecule has 1 N–H and O–H groups in total. The highest BCUT2D eigenvalue weighted by Crippen LogP contribution is 2.36. The Morgan fingerprint density at radius 2 is 1.60 bits per heavy atom. The summed E-state index contributed by atoms with van der Waals surface area (Å²) in [6, 6.07) is 2.98. The fourth-order valence-electron chi connectivity index (χ4n) is 3.09. The third kappa shape index (κ3) is 7.24. The first kappa shape index (κ1) is 28.2.